The minimum Gasteiger partial charge on any atom is -0.444 e. The quantitative estimate of drug-likeness (QED) is 0.798. The van der Waals surface area contributed by atoms with Crippen molar-refractivity contribution >= 4 is 12.0 Å². The number of carbonyl (C=O) groups is 2. The summed E-state index contributed by atoms with van der Waals surface area (Å²) in [7, 11) is 0. The van der Waals surface area contributed by atoms with Gasteiger partial charge in [0.1, 0.15) is 6.61 Å². The predicted molar refractivity (Wildman–Crippen MR) is 78.4 cm³/mol. The summed E-state index contributed by atoms with van der Waals surface area (Å²) in [6.07, 6.45) is 5.49. The van der Waals surface area contributed by atoms with Crippen molar-refractivity contribution in [1.29, 1.82) is 0 Å². The molecule has 0 spiro atoms. The largest absolute Gasteiger partial charge is 0.444 e. The number of benzene rings is 1. The Hall–Kier alpha value is -1.84. The molecule has 0 N–H and O–H groups in total. The third-order valence-corrected chi connectivity index (χ3v) is 4.54. The molecule has 1 saturated carbocycles. The van der Waals surface area contributed by atoms with Crippen molar-refractivity contribution in [1.82, 2.24) is 4.90 Å². The summed E-state index contributed by atoms with van der Waals surface area (Å²) in [6, 6.07) is 9.51. The summed E-state index contributed by atoms with van der Waals surface area (Å²) in [5.41, 5.74) is 0.932. The standard InChI is InChI=1S/C17H21NO3/c19-16-15(10-13-6-4-5-7-13)11-18(16)17(20)21-12-14-8-2-1-3-9-14/h1-3,8-9,13,15H,4-7,10-12H2. The van der Waals surface area contributed by atoms with E-state index >= 15 is 0 Å². The van der Waals surface area contributed by atoms with Crippen molar-refractivity contribution in [2.45, 2.75) is 38.7 Å². The second-order valence-electron chi connectivity index (χ2n) is 6.07. The fraction of sp³-hybridized carbons (Fsp3) is 0.529. The van der Waals surface area contributed by atoms with Crippen LogP contribution in [0.3, 0.4) is 0 Å². The number of β-lactam (4-membered cyclic amide) rings is 1. The Morgan fingerprint density at radius 2 is 1.90 bits per heavy atom. The smallest absolute Gasteiger partial charge is 0.416 e. The Morgan fingerprint density at radius 1 is 1.19 bits per heavy atom. The summed E-state index contributed by atoms with van der Waals surface area (Å²) in [5.74, 6) is 0.666. The highest BCUT2D eigenvalue weighted by Gasteiger charge is 2.42. The molecule has 1 heterocycles. The zero-order valence-electron chi connectivity index (χ0n) is 12.2. The molecule has 1 aromatic carbocycles. The molecule has 0 aromatic heterocycles. The van der Waals surface area contributed by atoms with E-state index in [1.165, 1.54) is 30.6 Å². The van der Waals surface area contributed by atoms with Crippen LogP contribution in [0.2, 0.25) is 0 Å². The SMILES string of the molecule is O=C(OCc1ccccc1)N1CC(CC2CCCC2)C1=O. The first-order chi connectivity index (χ1) is 10.2. The molecule has 1 aliphatic heterocycles. The number of rotatable bonds is 4. The van der Waals surface area contributed by atoms with E-state index in [9.17, 15) is 9.59 Å². The number of hydrogen-bond acceptors (Lipinski definition) is 3. The highest BCUT2D eigenvalue weighted by Crippen LogP contribution is 2.34. The van der Waals surface area contributed by atoms with Gasteiger partial charge in [0.25, 0.3) is 0 Å². The molecule has 2 fully saturated rings. The van der Waals surface area contributed by atoms with Crippen molar-refractivity contribution in [3.05, 3.63) is 35.9 Å². The number of likely N-dealkylation sites (tertiary alicyclic amines) is 1. The maximum absolute atomic E-state index is 12.0. The van der Waals surface area contributed by atoms with Crippen LogP contribution in [0.15, 0.2) is 30.3 Å². The lowest BCUT2D eigenvalue weighted by Crippen LogP contribution is -2.55. The van der Waals surface area contributed by atoms with Crippen LogP contribution in [0.5, 0.6) is 0 Å². The Balaban J connectivity index is 1.43. The maximum atomic E-state index is 12.0. The second kappa shape index (κ2) is 6.29. The average molecular weight is 287 g/mol. The molecular weight excluding hydrogens is 266 g/mol. The molecular formula is C17H21NO3. The summed E-state index contributed by atoms with van der Waals surface area (Å²) >= 11 is 0. The van der Waals surface area contributed by atoms with Crippen molar-refractivity contribution in [3.63, 3.8) is 0 Å². The van der Waals surface area contributed by atoms with Crippen LogP contribution in [-0.2, 0) is 16.1 Å². The summed E-state index contributed by atoms with van der Waals surface area (Å²) in [6.45, 7) is 0.750. The van der Waals surface area contributed by atoms with E-state index in [2.05, 4.69) is 0 Å². The molecule has 1 unspecified atom stereocenters. The molecule has 21 heavy (non-hydrogen) atoms. The molecule has 3 rings (SSSR count). The van der Waals surface area contributed by atoms with Crippen LogP contribution in [0.4, 0.5) is 4.79 Å². The molecule has 1 saturated heterocycles. The molecule has 0 bridgehead atoms. The lowest BCUT2D eigenvalue weighted by atomic mass is 9.87. The van der Waals surface area contributed by atoms with E-state index in [0.29, 0.717) is 12.5 Å². The van der Waals surface area contributed by atoms with Crippen LogP contribution >= 0.6 is 0 Å². The number of hydrogen-bond donors (Lipinski definition) is 0. The molecule has 4 nitrogen and oxygen atoms in total. The molecule has 2 aliphatic rings. The Labute approximate surface area is 125 Å². The van der Waals surface area contributed by atoms with Crippen LogP contribution in [0, 0.1) is 11.8 Å². The molecule has 2 amide bonds. The van der Waals surface area contributed by atoms with Gasteiger partial charge in [0.15, 0.2) is 0 Å². The highest BCUT2D eigenvalue weighted by molar-refractivity contribution is 5.98. The van der Waals surface area contributed by atoms with Gasteiger partial charge in [-0.2, -0.15) is 0 Å². The topological polar surface area (TPSA) is 46.6 Å². The summed E-state index contributed by atoms with van der Waals surface area (Å²) in [5, 5.41) is 0. The highest BCUT2D eigenvalue weighted by atomic mass is 16.6. The Kier molecular flexibility index (Phi) is 4.23. The third-order valence-electron chi connectivity index (χ3n) is 4.54. The van der Waals surface area contributed by atoms with Crippen LogP contribution < -0.4 is 0 Å². The van der Waals surface area contributed by atoms with Gasteiger partial charge in [-0.05, 0) is 17.9 Å². The van der Waals surface area contributed by atoms with Crippen LogP contribution in [-0.4, -0.2) is 23.4 Å². The molecule has 1 aliphatic carbocycles. The van der Waals surface area contributed by atoms with Gasteiger partial charge in [0.2, 0.25) is 5.91 Å². The van der Waals surface area contributed by atoms with Gasteiger partial charge in [-0.15, -0.1) is 0 Å². The number of ether oxygens (including phenoxy) is 1. The molecule has 112 valence electrons. The summed E-state index contributed by atoms with van der Waals surface area (Å²) < 4.78 is 5.19. The van der Waals surface area contributed by atoms with Gasteiger partial charge in [0.05, 0.1) is 5.92 Å². The Morgan fingerprint density at radius 3 is 2.57 bits per heavy atom. The van der Waals surface area contributed by atoms with E-state index in [4.69, 9.17) is 4.74 Å². The van der Waals surface area contributed by atoms with E-state index < -0.39 is 6.09 Å². The van der Waals surface area contributed by atoms with Crippen molar-refractivity contribution in [3.8, 4) is 0 Å². The number of carbonyl (C=O) groups excluding carboxylic acids is 2. The monoisotopic (exact) mass is 287 g/mol. The zero-order valence-corrected chi connectivity index (χ0v) is 12.2. The zero-order chi connectivity index (χ0) is 14.7. The van der Waals surface area contributed by atoms with E-state index in [-0.39, 0.29) is 18.4 Å². The van der Waals surface area contributed by atoms with E-state index in [0.717, 1.165) is 12.0 Å². The minimum absolute atomic E-state index is 0.0392. The van der Waals surface area contributed by atoms with Crippen LogP contribution in [0.1, 0.15) is 37.7 Å². The number of imide groups is 1. The molecule has 0 radical (unpaired) electrons. The van der Waals surface area contributed by atoms with E-state index in [1.54, 1.807) is 0 Å². The van der Waals surface area contributed by atoms with Gasteiger partial charge in [-0.25, -0.2) is 9.69 Å². The van der Waals surface area contributed by atoms with Gasteiger partial charge < -0.3 is 4.74 Å². The van der Waals surface area contributed by atoms with Crippen molar-refractivity contribution in [2.24, 2.45) is 11.8 Å². The van der Waals surface area contributed by atoms with Crippen LogP contribution in [0.25, 0.3) is 0 Å². The van der Waals surface area contributed by atoms with E-state index in [1.807, 2.05) is 30.3 Å². The fourth-order valence-electron chi connectivity index (χ4n) is 3.28. The molecule has 4 heteroatoms. The average Bonchev–Trinajstić information content (AvgIpc) is 3.02. The molecule has 1 aromatic rings. The third kappa shape index (κ3) is 3.26. The minimum atomic E-state index is -0.508. The maximum Gasteiger partial charge on any atom is 0.416 e. The number of amides is 2. The van der Waals surface area contributed by atoms with Crippen molar-refractivity contribution in [2.75, 3.05) is 6.54 Å². The number of nitrogens with zero attached hydrogens (tertiary/aromatic N) is 1. The summed E-state index contributed by atoms with van der Waals surface area (Å²) in [4.78, 5) is 25.1. The predicted octanol–water partition coefficient (Wildman–Crippen LogP) is 3.36. The van der Waals surface area contributed by atoms with Gasteiger partial charge >= 0.3 is 6.09 Å². The first kappa shape index (κ1) is 14.1. The molecule has 1 atom stereocenters. The second-order valence-corrected chi connectivity index (χ2v) is 6.07. The normalized spacial score (nSPS) is 22.2. The first-order valence-corrected chi connectivity index (χ1v) is 7.76. The van der Waals surface area contributed by atoms with Crippen molar-refractivity contribution < 1.29 is 14.3 Å². The lowest BCUT2D eigenvalue weighted by Gasteiger charge is -2.37. The fourth-order valence-corrected chi connectivity index (χ4v) is 3.28. The lowest BCUT2D eigenvalue weighted by molar-refractivity contribution is -0.145. The van der Waals surface area contributed by atoms with Gasteiger partial charge in [-0.3, -0.25) is 4.79 Å². The Bertz CT molecular complexity index is 508. The van der Waals surface area contributed by atoms with Gasteiger partial charge in [0, 0.05) is 6.54 Å². The van der Waals surface area contributed by atoms with Gasteiger partial charge in [-0.1, -0.05) is 56.0 Å². The first-order valence-electron chi connectivity index (χ1n) is 7.76.